The van der Waals surface area contributed by atoms with Crippen molar-refractivity contribution in [2.45, 2.75) is 27.2 Å². The highest BCUT2D eigenvalue weighted by molar-refractivity contribution is 8.07. The van der Waals surface area contributed by atoms with Crippen molar-refractivity contribution in [2.24, 2.45) is 5.16 Å². The molecule has 1 fully saturated rings. The van der Waals surface area contributed by atoms with E-state index in [1.165, 1.54) is 40.7 Å². The first-order valence-corrected chi connectivity index (χ1v) is 15.8. The van der Waals surface area contributed by atoms with Crippen molar-refractivity contribution in [3.05, 3.63) is 40.1 Å². The molecular formula is C23H25FN8O6S4. The van der Waals surface area contributed by atoms with Crippen molar-refractivity contribution in [2.75, 3.05) is 37.1 Å². The van der Waals surface area contributed by atoms with Crippen LogP contribution in [-0.2, 0) is 19.2 Å². The molecule has 42 heavy (non-hydrogen) atoms. The molecule has 224 valence electrons. The number of β-lactam (4-membered cyclic amide) rings is 1. The average Bonchev–Trinajstić information content (AvgIpc) is 3.41. The van der Waals surface area contributed by atoms with E-state index in [4.69, 9.17) is 16.0 Å². The summed E-state index contributed by atoms with van der Waals surface area (Å²) >= 11 is 4.92. The Kier molecular flexibility index (Phi) is 11.0. The number of carbonyl (C=O) groups excluding carboxylic acids is 2. The number of rotatable bonds is 15. The minimum absolute atomic E-state index is 0.0866. The van der Waals surface area contributed by atoms with Crippen LogP contribution in [0.3, 0.4) is 0 Å². The third-order valence-corrected chi connectivity index (χ3v) is 10.3. The van der Waals surface area contributed by atoms with Crippen LogP contribution in [0.1, 0.15) is 5.69 Å². The van der Waals surface area contributed by atoms with E-state index in [1.807, 2.05) is 0 Å². The Morgan fingerprint density at radius 1 is 1.43 bits per heavy atom. The second-order valence-electron chi connectivity index (χ2n) is 8.40. The van der Waals surface area contributed by atoms with E-state index >= 15 is 0 Å². The Morgan fingerprint density at radius 3 is 2.90 bits per heavy atom. The number of halogens is 1. The molecule has 2 aromatic heterocycles. The van der Waals surface area contributed by atoms with Gasteiger partial charge in [0.2, 0.25) is 0 Å². The summed E-state index contributed by atoms with van der Waals surface area (Å²) in [5.74, 6) is -2.05. The minimum atomic E-state index is -1.29. The number of aromatic nitrogens is 2. The van der Waals surface area contributed by atoms with Gasteiger partial charge >= 0.3 is 5.97 Å². The van der Waals surface area contributed by atoms with Crippen molar-refractivity contribution in [1.29, 1.82) is 5.41 Å². The minimum Gasteiger partial charge on any atom is -0.477 e. The molecular weight excluding hydrogens is 632 g/mol. The molecule has 19 heteroatoms. The number of carbonyl (C=O) groups is 3. The molecule has 2 aliphatic heterocycles. The summed E-state index contributed by atoms with van der Waals surface area (Å²) in [6, 6.07) is 0.325. The number of pyridine rings is 1. The fourth-order valence-corrected chi connectivity index (χ4v) is 8.02. The first-order chi connectivity index (χ1) is 20.3. The highest BCUT2D eigenvalue weighted by atomic mass is 32.2. The van der Waals surface area contributed by atoms with Crippen LogP contribution >= 0.6 is 46.6 Å². The second kappa shape index (κ2) is 14.7. The zero-order chi connectivity index (χ0) is 30.2. The third-order valence-electron chi connectivity index (χ3n) is 5.69. The number of nitrogens with zero attached hydrogens (tertiary/aromatic N) is 4. The van der Waals surface area contributed by atoms with Crippen molar-refractivity contribution in [3.63, 3.8) is 0 Å². The average molecular weight is 657 g/mol. The Morgan fingerprint density at radius 2 is 2.24 bits per heavy atom. The Balaban J connectivity index is 1.51. The number of carboxylic acid groups (broad SMARTS) is 1. The van der Waals surface area contributed by atoms with Crippen LogP contribution in [0.5, 0.6) is 0 Å². The highest BCUT2D eigenvalue weighted by Crippen LogP contribution is 2.46. The number of thioether (sulfide) groups is 3. The monoisotopic (exact) mass is 656 g/mol. The Hall–Kier alpha value is -3.39. The van der Waals surface area contributed by atoms with Crippen molar-refractivity contribution < 1.29 is 33.8 Å². The van der Waals surface area contributed by atoms with E-state index in [-0.39, 0.29) is 40.6 Å². The molecule has 4 heterocycles. The number of carboxylic acids is 1. The molecule has 0 aliphatic carbocycles. The van der Waals surface area contributed by atoms with Crippen LogP contribution in [0, 0.1) is 5.41 Å². The van der Waals surface area contributed by atoms with Crippen LogP contribution in [0.2, 0.25) is 0 Å². The normalized spacial score (nSPS) is 19.0. The van der Waals surface area contributed by atoms with E-state index in [1.54, 1.807) is 18.5 Å². The van der Waals surface area contributed by atoms with Crippen LogP contribution in [0.4, 0.5) is 9.52 Å². The predicted octanol–water partition coefficient (Wildman–Crippen LogP) is 0.949. The number of thiazole rings is 1. The van der Waals surface area contributed by atoms with Gasteiger partial charge in [0, 0.05) is 44.0 Å². The lowest BCUT2D eigenvalue weighted by Crippen LogP contribution is -2.71. The summed E-state index contributed by atoms with van der Waals surface area (Å²) in [7, 11) is 0. The lowest BCUT2D eigenvalue weighted by molar-refractivity contribution is -0.150. The number of aliphatic hydroxyl groups excluding tert-OH is 1. The molecule has 0 aromatic carbocycles. The van der Waals surface area contributed by atoms with Crippen molar-refractivity contribution in [1.82, 2.24) is 25.5 Å². The molecule has 0 radical (unpaired) electrons. The molecule has 1 saturated heterocycles. The van der Waals surface area contributed by atoms with Gasteiger partial charge in [0.25, 0.3) is 11.8 Å². The topological polar surface area (TPSA) is 216 Å². The third kappa shape index (κ3) is 7.14. The van der Waals surface area contributed by atoms with Crippen LogP contribution in [-0.4, -0.2) is 104 Å². The largest absolute Gasteiger partial charge is 0.477 e. The molecule has 0 spiro atoms. The number of fused-ring (bicyclic) bond motifs is 1. The number of alkyl halides is 1. The molecule has 0 bridgehead atoms. The lowest BCUT2D eigenvalue weighted by Gasteiger charge is -2.49. The van der Waals surface area contributed by atoms with Crippen LogP contribution in [0.15, 0.2) is 49.4 Å². The number of nitrogens with one attached hydrogen (secondary N) is 3. The highest BCUT2D eigenvalue weighted by Gasteiger charge is 2.54. The number of nitrogens with two attached hydrogens (primary N) is 1. The molecule has 0 saturated carbocycles. The van der Waals surface area contributed by atoms with Crippen LogP contribution in [0.25, 0.3) is 0 Å². The van der Waals surface area contributed by atoms with Gasteiger partial charge in [-0.05, 0) is 6.07 Å². The molecule has 1 unspecified atom stereocenters. The number of hydrogen-bond donors (Lipinski definition) is 6. The Bertz CT molecular complexity index is 1410. The number of hydrogen-bond acceptors (Lipinski definition) is 14. The second-order valence-corrected chi connectivity index (χ2v) is 12.6. The molecule has 7 N–H and O–H groups in total. The predicted molar refractivity (Wildman–Crippen MR) is 158 cm³/mol. The van der Waals surface area contributed by atoms with Gasteiger partial charge in [-0.3, -0.25) is 24.9 Å². The SMILES string of the molecule is N=CNC(CO)CSc1cnccc1SC1=C(C(=O)O)N2C(=O)[C@@H](NC(=O)/C(=N\OCCF)c3csc(N)n3)[C@@H]2SC1. The number of nitrogen functional groups attached to an aromatic ring is 1. The molecule has 14 nitrogen and oxygen atoms in total. The number of amides is 2. The first kappa shape index (κ1) is 31.5. The van der Waals surface area contributed by atoms with Gasteiger partial charge < -0.3 is 31.4 Å². The standard InChI is InChI=1S/C23H25FN8O6S4/c24-2-4-38-31-16(12-8-41-23(26)29-12)19(34)30-17-20(35)32-18(22(36)37)15(9-40-21(17)32)42-13-1-3-27-5-14(13)39-7-11(6-33)28-10-25/h1,3,5,8,10-11,17,21,33H,2,4,6-7,9H2,(H2,25,28)(H2,26,29)(H,30,34)(H,36,37)/b31-16-/t11?,17-,21+/m1/s1. The molecule has 3 atom stereocenters. The smallest absolute Gasteiger partial charge is 0.353 e. The van der Waals surface area contributed by atoms with Crippen molar-refractivity contribution >= 4 is 81.6 Å². The maximum absolute atomic E-state index is 13.2. The van der Waals surface area contributed by atoms with E-state index in [0.29, 0.717) is 15.6 Å². The maximum atomic E-state index is 13.2. The summed E-state index contributed by atoms with van der Waals surface area (Å²) in [4.78, 5) is 54.6. The summed E-state index contributed by atoms with van der Waals surface area (Å²) in [5.41, 5.74) is 5.27. The fourth-order valence-electron chi connectivity index (χ4n) is 3.78. The maximum Gasteiger partial charge on any atom is 0.353 e. The number of aliphatic hydroxyl groups is 1. The zero-order valence-corrected chi connectivity index (χ0v) is 24.8. The number of anilines is 1. The van der Waals surface area contributed by atoms with Gasteiger partial charge in [-0.15, -0.1) is 34.9 Å². The van der Waals surface area contributed by atoms with Gasteiger partial charge in [0.15, 0.2) is 10.8 Å². The zero-order valence-electron chi connectivity index (χ0n) is 21.6. The fraction of sp³-hybridized carbons (Fsp3) is 0.348. The summed E-state index contributed by atoms with van der Waals surface area (Å²) < 4.78 is 12.5. The molecule has 4 rings (SSSR count). The van der Waals surface area contributed by atoms with E-state index in [0.717, 1.165) is 27.5 Å². The Labute approximate surface area is 255 Å². The van der Waals surface area contributed by atoms with Gasteiger partial charge in [0.1, 0.15) is 36.1 Å². The van der Waals surface area contributed by atoms with Crippen LogP contribution < -0.4 is 16.4 Å². The molecule has 2 aromatic rings. The van der Waals surface area contributed by atoms with E-state index in [9.17, 15) is 29.0 Å². The van der Waals surface area contributed by atoms with Gasteiger partial charge in [-0.25, -0.2) is 14.2 Å². The van der Waals surface area contributed by atoms with E-state index < -0.39 is 42.5 Å². The first-order valence-electron chi connectivity index (χ1n) is 12.1. The molecule has 2 amide bonds. The van der Waals surface area contributed by atoms with Gasteiger partial charge in [-0.1, -0.05) is 16.9 Å². The van der Waals surface area contributed by atoms with Gasteiger partial charge in [-0.2, -0.15) is 0 Å². The summed E-state index contributed by atoms with van der Waals surface area (Å²) in [5, 5.41) is 36.6. The lowest BCUT2D eigenvalue weighted by atomic mass is 10.0. The van der Waals surface area contributed by atoms with E-state index in [2.05, 4.69) is 25.8 Å². The number of oxime groups is 1. The summed E-state index contributed by atoms with van der Waals surface area (Å²) in [6.07, 6.45) is 4.19. The molecule has 2 aliphatic rings. The quantitative estimate of drug-likeness (QED) is 0.0394. The number of aliphatic carboxylic acids is 1. The van der Waals surface area contributed by atoms with Gasteiger partial charge in [0.05, 0.1) is 19.0 Å². The summed E-state index contributed by atoms with van der Waals surface area (Å²) in [6.45, 7) is -1.40. The van der Waals surface area contributed by atoms with Crippen molar-refractivity contribution in [3.8, 4) is 0 Å².